The molecule has 1 aliphatic heterocycles. The Morgan fingerprint density at radius 2 is 1.58 bits per heavy atom. The monoisotopic (exact) mass is 484 g/mol. The smallest absolute Gasteiger partial charge is 0.343 e. The molecule has 0 aromatic heterocycles. The molecule has 3 aromatic carbocycles. The molecule has 0 atom stereocenters. The Morgan fingerprint density at radius 1 is 0.889 bits per heavy atom. The second kappa shape index (κ2) is 10.1. The lowest BCUT2D eigenvalue weighted by Gasteiger charge is -2.29. The third-order valence-corrected chi connectivity index (χ3v) is 5.76. The number of esters is 1. The number of benzene rings is 3. The number of carbonyl (C=O) groups is 2. The first-order chi connectivity index (χ1) is 17.2. The van der Waals surface area contributed by atoms with Crippen molar-refractivity contribution in [1.82, 2.24) is 0 Å². The first kappa shape index (κ1) is 24.8. The summed E-state index contributed by atoms with van der Waals surface area (Å²) in [5.74, 6) is 1.06. The highest BCUT2D eigenvalue weighted by atomic mass is 16.6. The van der Waals surface area contributed by atoms with Crippen molar-refractivity contribution in [3.8, 4) is 23.0 Å². The van der Waals surface area contributed by atoms with Gasteiger partial charge in [0, 0.05) is 0 Å². The minimum Gasteiger partial charge on any atom is -0.496 e. The fourth-order valence-corrected chi connectivity index (χ4v) is 3.79. The zero-order valence-electron chi connectivity index (χ0n) is 21.0. The van der Waals surface area contributed by atoms with E-state index in [1.165, 1.54) is 13.2 Å². The number of methoxy groups -OCH3 is 2. The van der Waals surface area contributed by atoms with E-state index < -0.39 is 11.6 Å². The van der Waals surface area contributed by atoms with Crippen LogP contribution in [0.15, 0.2) is 66.7 Å². The molecule has 0 N–H and O–H groups in total. The van der Waals surface area contributed by atoms with E-state index >= 15 is 0 Å². The molecule has 0 unspecified atom stereocenters. The lowest BCUT2D eigenvalue weighted by atomic mass is 9.97. The van der Waals surface area contributed by atoms with Crippen LogP contribution in [0.2, 0.25) is 0 Å². The highest BCUT2D eigenvalue weighted by molar-refractivity contribution is 6.09. The predicted octanol–water partition coefficient (Wildman–Crippen LogP) is 6.31. The predicted molar refractivity (Wildman–Crippen MR) is 139 cm³/mol. The molecule has 0 saturated carbocycles. The van der Waals surface area contributed by atoms with Gasteiger partial charge in [-0.3, -0.25) is 4.79 Å². The highest BCUT2D eigenvalue weighted by Gasteiger charge is 2.27. The number of fused-ring (bicyclic) bond motifs is 1. The number of rotatable bonds is 7. The topological polar surface area (TPSA) is 71.1 Å². The molecule has 4 rings (SSSR count). The largest absolute Gasteiger partial charge is 0.496 e. The zero-order valence-corrected chi connectivity index (χ0v) is 21.0. The lowest BCUT2D eigenvalue weighted by molar-refractivity contribution is 0.0729. The van der Waals surface area contributed by atoms with Gasteiger partial charge in [0.25, 0.3) is 0 Å². The van der Waals surface area contributed by atoms with Crippen LogP contribution in [0.1, 0.15) is 51.3 Å². The molecule has 36 heavy (non-hydrogen) atoms. The van der Waals surface area contributed by atoms with Gasteiger partial charge in [0.05, 0.1) is 30.9 Å². The molecule has 6 heteroatoms. The number of aryl methyl sites for hydroxylation is 1. The SMILES string of the molecule is COc1ccc(C=CC(=O)c2ccc(OC)c3c2OC(C)(C)C=C3)cc1OC(=O)c1ccc(C)cc1. The number of carbonyl (C=O) groups excluding carboxylic acids is 2. The van der Waals surface area contributed by atoms with Gasteiger partial charge in [0.2, 0.25) is 0 Å². The van der Waals surface area contributed by atoms with Crippen LogP contribution in [0.3, 0.4) is 0 Å². The molecular formula is C30H28O6. The second-order valence-corrected chi connectivity index (χ2v) is 8.96. The van der Waals surface area contributed by atoms with E-state index in [2.05, 4.69) is 0 Å². The van der Waals surface area contributed by atoms with Gasteiger partial charge in [-0.2, -0.15) is 0 Å². The van der Waals surface area contributed by atoms with Crippen LogP contribution in [-0.2, 0) is 0 Å². The summed E-state index contributed by atoms with van der Waals surface area (Å²) in [5, 5.41) is 0. The summed E-state index contributed by atoms with van der Waals surface area (Å²) < 4.78 is 22.5. The summed E-state index contributed by atoms with van der Waals surface area (Å²) in [7, 11) is 3.08. The van der Waals surface area contributed by atoms with E-state index in [-0.39, 0.29) is 11.5 Å². The summed E-state index contributed by atoms with van der Waals surface area (Å²) in [6.07, 6.45) is 6.96. The van der Waals surface area contributed by atoms with E-state index in [9.17, 15) is 9.59 Å². The summed E-state index contributed by atoms with van der Waals surface area (Å²) in [4.78, 5) is 25.8. The molecule has 0 aliphatic carbocycles. The molecule has 0 radical (unpaired) electrons. The highest BCUT2D eigenvalue weighted by Crippen LogP contribution is 2.40. The van der Waals surface area contributed by atoms with Gasteiger partial charge in [0.15, 0.2) is 17.3 Å². The van der Waals surface area contributed by atoms with Gasteiger partial charge in [-0.1, -0.05) is 29.8 Å². The molecule has 1 heterocycles. The van der Waals surface area contributed by atoms with E-state index in [0.29, 0.717) is 33.9 Å². The molecule has 3 aromatic rings. The summed E-state index contributed by atoms with van der Waals surface area (Å²) in [6.45, 7) is 5.79. The number of allylic oxidation sites excluding steroid dienone is 1. The number of ether oxygens (including phenoxy) is 4. The molecular weight excluding hydrogens is 456 g/mol. The Labute approximate surface area is 210 Å². The second-order valence-electron chi connectivity index (χ2n) is 8.96. The standard InChI is InChI=1S/C30H28O6/c1-19-6-10-21(11-7-19)29(32)35-27-18-20(9-14-26(27)34-5)8-13-24(31)22-12-15-25(33-4)23-16-17-30(2,3)36-28(22)23/h6-18H,1-5H3. The molecule has 184 valence electrons. The molecule has 0 amide bonds. The maximum absolute atomic E-state index is 13.2. The van der Waals surface area contributed by atoms with Gasteiger partial charge in [-0.25, -0.2) is 4.79 Å². The fourth-order valence-electron chi connectivity index (χ4n) is 3.79. The van der Waals surface area contributed by atoms with Crippen LogP contribution >= 0.6 is 0 Å². The Morgan fingerprint density at radius 3 is 2.28 bits per heavy atom. The van der Waals surface area contributed by atoms with Crippen molar-refractivity contribution in [2.45, 2.75) is 26.4 Å². The third kappa shape index (κ3) is 5.33. The molecule has 0 spiro atoms. The van der Waals surface area contributed by atoms with Gasteiger partial charge in [-0.05, 0) is 81.0 Å². The van der Waals surface area contributed by atoms with Crippen molar-refractivity contribution < 1.29 is 28.5 Å². The van der Waals surface area contributed by atoms with Crippen molar-refractivity contribution in [1.29, 1.82) is 0 Å². The van der Waals surface area contributed by atoms with Gasteiger partial charge in [-0.15, -0.1) is 0 Å². The van der Waals surface area contributed by atoms with Crippen LogP contribution in [0.5, 0.6) is 23.0 Å². The fraction of sp³-hybridized carbons (Fsp3) is 0.200. The van der Waals surface area contributed by atoms with Crippen LogP contribution in [-0.4, -0.2) is 31.6 Å². The summed E-state index contributed by atoms with van der Waals surface area (Å²) >= 11 is 0. The Kier molecular flexibility index (Phi) is 6.97. The van der Waals surface area contributed by atoms with Crippen molar-refractivity contribution in [2.75, 3.05) is 14.2 Å². The maximum Gasteiger partial charge on any atom is 0.343 e. The maximum atomic E-state index is 13.2. The summed E-state index contributed by atoms with van der Waals surface area (Å²) in [5.41, 5.74) is 2.75. The van der Waals surface area contributed by atoms with Gasteiger partial charge >= 0.3 is 5.97 Å². The normalized spacial score (nSPS) is 13.6. The van der Waals surface area contributed by atoms with Crippen LogP contribution < -0.4 is 18.9 Å². The average molecular weight is 485 g/mol. The van der Waals surface area contributed by atoms with Crippen LogP contribution in [0.4, 0.5) is 0 Å². The Hall–Kier alpha value is -4.32. The van der Waals surface area contributed by atoms with Crippen molar-refractivity contribution in [3.63, 3.8) is 0 Å². The molecule has 0 bridgehead atoms. The lowest BCUT2D eigenvalue weighted by Crippen LogP contribution is -2.28. The van der Waals surface area contributed by atoms with Gasteiger partial charge < -0.3 is 18.9 Å². The quantitative estimate of drug-likeness (QED) is 0.169. The van der Waals surface area contributed by atoms with E-state index in [0.717, 1.165) is 11.1 Å². The molecule has 6 nitrogen and oxygen atoms in total. The first-order valence-corrected chi connectivity index (χ1v) is 11.5. The molecule has 0 fully saturated rings. The van der Waals surface area contributed by atoms with Crippen molar-refractivity contribution in [2.24, 2.45) is 0 Å². The number of ketones is 1. The van der Waals surface area contributed by atoms with Gasteiger partial charge in [0.1, 0.15) is 17.1 Å². The summed E-state index contributed by atoms with van der Waals surface area (Å²) in [6, 6.07) is 15.7. The van der Waals surface area contributed by atoms with E-state index in [1.807, 2.05) is 45.1 Å². The first-order valence-electron chi connectivity index (χ1n) is 11.5. The average Bonchev–Trinajstić information content (AvgIpc) is 2.86. The minimum atomic E-state index is -0.551. The third-order valence-electron chi connectivity index (χ3n) is 5.76. The number of hydrogen-bond acceptors (Lipinski definition) is 6. The number of hydrogen-bond donors (Lipinski definition) is 0. The van der Waals surface area contributed by atoms with Crippen LogP contribution in [0, 0.1) is 6.92 Å². The molecule has 1 aliphatic rings. The minimum absolute atomic E-state index is 0.228. The Balaban J connectivity index is 1.59. The zero-order chi connectivity index (χ0) is 25.9. The molecule has 0 saturated heterocycles. The van der Waals surface area contributed by atoms with Crippen molar-refractivity contribution in [3.05, 3.63) is 94.6 Å². The van der Waals surface area contributed by atoms with Crippen molar-refractivity contribution >= 4 is 23.9 Å². The van der Waals surface area contributed by atoms with Crippen LogP contribution in [0.25, 0.3) is 12.2 Å². The van der Waals surface area contributed by atoms with E-state index in [1.54, 1.807) is 55.7 Å². The van der Waals surface area contributed by atoms with E-state index in [4.69, 9.17) is 18.9 Å². The Bertz CT molecular complexity index is 1360.